The molecule has 3 aliphatic rings. The Balaban J connectivity index is 1.24. The molecule has 2 N–H and O–H groups in total. The minimum absolute atomic E-state index is 0.141. The molecule has 2 saturated heterocycles. The SMILES string of the molecule is O=C1c2ccccc2C(=O)N1CCCCC1CN2CCNC2CN1. The van der Waals surface area contributed by atoms with Gasteiger partial charge in [-0.3, -0.25) is 24.7 Å². The van der Waals surface area contributed by atoms with E-state index in [0.29, 0.717) is 29.9 Å². The third-order valence-corrected chi connectivity index (χ3v) is 5.34. The van der Waals surface area contributed by atoms with Crippen LogP contribution in [-0.2, 0) is 0 Å². The van der Waals surface area contributed by atoms with Gasteiger partial charge in [0.05, 0.1) is 17.3 Å². The molecule has 0 radical (unpaired) electrons. The topological polar surface area (TPSA) is 64.7 Å². The van der Waals surface area contributed by atoms with Crippen molar-refractivity contribution < 1.29 is 9.59 Å². The predicted octanol–water partition coefficient (Wildman–Crippen LogP) is 0.656. The number of unbranched alkanes of at least 4 members (excludes halogenated alkanes) is 1. The molecule has 4 rings (SSSR count). The Morgan fingerprint density at radius 2 is 1.79 bits per heavy atom. The van der Waals surface area contributed by atoms with Gasteiger partial charge < -0.3 is 5.32 Å². The third-order valence-electron chi connectivity index (χ3n) is 5.34. The molecule has 0 aliphatic carbocycles. The lowest BCUT2D eigenvalue weighted by molar-refractivity contribution is 0.0650. The zero-order valence-corrected chi connectivity index (χ0v) is 13.8. The van der Waals surface area contributed by atoms with E-state index in [0.717, 1.165) is 45.4 Å². The molecule has 1 aromatic carbocycles. The average Bonchev–Trinajstić information content (AvgIpc) is 3.16. The van der Waals surface area contributed by atoms with E-state index < -0.39 is 0 Å². The molecule has 3 heterocycles. The fraction of sp³-hybridized carbons (Fsp3) is 0.556. The van der Waals surface area contributed by atoms with Crippen LogP contribution in [0, 0.1) is 0 Å². The second-order valence-electron chi connectivity index (χ2n) is 6.87. The Morgan fingerprint density at radius 3 is 2.54 bits per heavy atom. The first-order valence-electron chi connectivity index (χ1n) is 8.90. The Bertz CT molecular complexity index is 613. The van der Waals surface area contributed by atoms with Crippen LogP contribution in [0.1, 0.15) is 40.0 Å². The van der Waals surface area contributed by atoms with Crippen molar-refractivity contribution >= 4 is 11.8 Å². The lowest BCUT2D eigenvalue weighted by Crippen LogP contribution is -2.56. The number of nitrogens with zero attached hydrogens (tertiary/aromatic N) is 2. The van der Waals surface area contributed by atoms with Crippen LogP contribution < -0.4 is 10.6 Å². The number of piperazine rings is 1. The van der Waals surface area contributed by atoms with Crippen molar-refractivity contribution in [3.05, 3.63) is 35.4 Å². The van der Waals surface area contributed by atoms with Gasteiger partial charge in [0.2, 0.25) is 0 Å². The van der Waals surface area contributed by atoms with Crippen molar-refractivity contribution in [3.63, 3.8) is 0 Å². The van der Waals surface area contributed by atoms with Crippen molar-refractivity contribution in [1.29, 1.82) is 0 Å². The highest BCUT2D eigenvalue weighted by Crippen LogP contribution is 2.23. The molecular formula is C18H24N4O2. The van der Waals surface area contributed by atoms with Crippen LogP contribution in [0.3, 0.4) is 0 Å². The molecule has 2 fully saturated rings. The summed E-state index contributed by atoms with van der Waals surface area (Å²) in [5.41, 5.74) is 1.09. The van der Waals surface area contributed by atoms with Gasteiger partial charge in [-0.15, -0.1) is 0 Å². The molecule has 6 nitrogen and oxygen atoms in total. The maximum Gasteiger partial charge on any atom is 0.261 e. The first-order chi connectivity index (χ1) is 11.7. The predicted molar refractivity (Wildman–Crippen MR) is 90.8 cm³/mol. The lowest BCUT2D eigenvalue weighted by atomic mass is 10.1. The number of amides is 2. The van der Waals surface area contributed by atoms with E-state index in [1.807, 2.05) is 12.1 Å². The first kappa shape index (κ1) is 15.7. The van der Waals surface area contributed by atoms with Crippen molar-refractivity contribution in [2.75, 3.05) is 32.7 Å². The maximum atomic E-state index is 12.3. The van der Waals surface area contributed by atoms with Crippen molar-refractivity contribution in [2.24, 2.45) is 0 Å². The summed E-state index contributed by atoms with van der Waals surface area (Å²) in [6, 6.07) is 7.61. The number of nitrogens with one attached hydrogen (secondary N) is 2. The average molecular weight is 328 g/mol. The number of imide groups is 1. The van der Waals surface area contributed by atoms with Crippen LogP contribution >= 0.6 is 0 Å². The van der Waals surface area contributed by atoms with Gasteiger partial charge in [0.1, 0.15) is 0 Å². The number of hydrogen-bond acceptors (Lipinski definition) is 5. The highest BCUT2D eigenvalue weighted by molar-refractivity contribution is 6.21. The van der Waals surface area contributed by atoms with Crippen LogP contribution in [0.4, 0.5) is 0 Å². The molecule has 24 heavy (non-hydrogen) atoms. The fourth-order valence-electron chi connectivity index (χ4n) is 4.00. The molecule has 128 valence electrons. The van der Waals surface area contributed by atoms with Crippen LogP contribution in [0.2, 0.25) is 0 Å². The van der Waals surface area contributed by atoms with Gasteiger partial charge in [0.25, 0.3) is 11.8 Å². The molecule has 0 bridgehead atoms. The quantitative estimate of drug-likeness (QED) is 0.614. The smallest absolute Gasteiger partial charge is 0.261 e. The molecule has 0 saturated carbocycles. The van der Waals surface area contributed by atoms with Gasteiger partial charge in [0.15, 0.2) is 0 Å². The largest absolute Gasteiger partial charge is 0.310 e. The third kappa shape index (κ3) is 2.85. The summed E-state index contributed by atoms with van der Waals surface area (Å²) < 4.78 is 0. The molecule has 0 aromatic heterocycles. The zero-order valence-electron chi connectivity index (χ0n) is 13.8. The molecule has 2 atom stereocenters. The summed E-state index contributed by atoms with van der Waals surface area (Å²) in [7, 11) is 0. The lowest BCUT2D eigenvalue weighted by Gasteiger charge is -2.35. The second kappa shape index (κ2) is 6.63. The van der Waals surface area contributed by atoms with E-state index in [2.05, 4.69) is 15.5 Å². The molecule has 1 aromatic rings. The van der Waals surface area contributed by atoms with E-state index >= 15 is 0 Å². The van der Waals surface area contributed by atoms with Gasteiger partial charge in [0, 0.05) is 38.8 Å². The van der Waals surface area contributed by atoms with Crippen LogP contribution in [-0.4, -0.2) is 66.5 Å². The summed E-state index contributed by atoms with van der Waals surface area (Å²) in [5.74, 6) is -0.283. The van der Waals surface area contributed by atoms with Gasteiger partial charge >= 0.3 is 0 Å². The molecule has 3 aliphatic heterocycles. The van der Waals surface area contributed by atoms with E-state index in [-0.39, 0.29) is 11.8 Å². The number of hydrogen-bond donors (Lipinski definition) is 2. The van der Waals surface area contributed by atoms with Crippen LogP contribution in [0.15, 0.2) is 24.3 Å². The van der Waals surface area contributed by atoms with E-state index in [4.69, 9.17) is 0 Å². The number of carbonyl (C=O) groups excluding carboxylic acids is 2. The molecule has 2 amide bonds. The summed E-state index contributed by atoms with van der Waals surface area (Å²) in [4.78, 5) is 28.5. The Labute approximate surface area is 142 Å². The Kier molecular flexibility index (Phi) is 4.35. The highest BCUT2D eigenvalue weighted by atomic mass is 16.2. The standard InChI is InChI=1S/C18H24N4O2/c23-17-14-6-1-2-7-15(14)18(24)22(17)9-4-3-5-13-12-21-10-8-19-16(21)11-20-13/h1-2,6-7,13,16,19-20H,3-5,8-12H2. The summed E-state index contributed by atoms with van der Waals surface area (Å²) in [6.45, 7) is 4.83. The summed E-state index contributed by atoms with van der Waals surface area (Å²) in [5, 5.41) is 7.08. The summed E-state index contributed by atoms with van der Waals surface area (Å²) in [6.07, 6.45) is 3.48. The second-order valence-corrected chi connectivity index (χ2v) is 6.87. The number of carbonyl (C=O) groups is 2. The van der Waals surface area contributed by atoms with Crippen molar-refractivity contribution in [3.8, 4) is 0 Å². The number of fused-ring (bicyclic) bond motifs is 2. The number of rotatable bonds is 5. The first-order valence-corrected chi connectivity index (χ1v) is 8.90. The van der Waals surface area contributed by atoms with Crippen molar-refractivity contribution in [2.45, 2.75) is 31.5 Å². The molecule has 6 heteroatoms. The molecular weight excluding hydrogens is 304 g/mol. The maximum absolute atomic E-state index is 12.3. The minimum Gasteiger partial charge on any atom is -0.310 e. The van der Waals surface area contributed by atoms with E-state index in [9.17, 15) is 9.59 Å². The van der Waals surface area contributed by atoms with Gasteiger partial charge in [-0.25, -0.2) is 0 Å². The monoisotopic (exact) mass is 328 g/mol. The van der Waals surface area contributed by atoms with Crippen LogP contribution in [0.25, 0.3) is 0 Å². The molecule has 2 unspecified atom stereocenters. The fourth-order valence-corrected chi connectivity index (χ4v) is 4.00. The Hall–Kier alpha value is -1.76. The molecule has 0 spiro atoms. The Morgan fingerprint density at radius 1 is 1.04 bits per heavy atom. The minimum atomic E-state index is -0.141. The van der Waals surface area contributed by atoms with E-state index in [1.165, 1.54) is 4.90 Å². The van der Waals surface area contributed by atoms with Gasteiger partial charge in [-0.2, -0.15) is 0 Å². The van der Waals surface area contributed by atoms with Gasteiger partial charge in [-0.05, 0) is 25.0 Å². The van der Waals surface area contributed by atoms with Crippen LogP contribution in [0.5, 0.6) is 0 Å². The normalized spacial score (nSPS) is 26.8. The number of benzene rings is 1. The highest BCUT2D eigenvalue weighted by Gasteiger charge is 2.34. The summed E-state index contributed by atoms with van der Waals surface area (Å²) >= 11 is 0. The zero-order chi connectivity index (χ0) is 16.5. The van der Waals surface area contributed by atoms with Gasteiger partial charge in [-0.1, -0.05) is 18.6 Å². The van der Waals surface area contributed by atoms with E-state index in [1.54, 1.807) is 12.1 Å². The van der Waals surface area contributed by atoms with Crippen molar-refractivity contribution in [1.82, 2.24) is 20.4 Å².